The number of esters is 1. The van der Waals surface area contributed by atoms with Crippen molar-refractivity contribution in [3.05, 3.63) is 77.1 Å². The van der Waals surface area contributed by atoms with Crippen LogP contribution in [0, 0.1) is 0 Å². The van der Waals surface area contributed by atoms with Crippen LogP contribution in [0.15, 0.2) is 59.5 Å². The number of fused-ring (bicyclic) bond motifs is 1. The van der Waals surface area contributed by atoms with Gasteiger partial charge in [-0.3, -0.25) is 4.79 Å². The van der Waals surface area contributed by atoms with Gasteiger partial charge < -0.3 is 9.64 Å². The van der Waals surface area contributed by atoms with E-state index in [0.717, 1.165) is 16.9 Å². The van der Waals surface area contributed by atoms with E-state index in [2.05, 4.69) is 17.7 Å². The third kappa shape index (κ3) is 3.65. The van der Waals surface area contributed by atoms with Crippen LogP contribution in [0.2, 0.25) is 0 Å². The molecule has 0 N–H and O–H groups in total. The van der Waals surface area contributed by atoms with Gasteiger partial charge in [0.2, 0.25) is 0 Å². The lowest BCUT2D eigenvalue weighted by atomic mass is 10.0. The molecule has 1 amide bonds. The number of para-hydroxylation sites is 1. The summed E-state index contributed by atoms with van der Waals surface area (Å²) in [6.45, 7) is 2.87. The highest BCUT2D eigenvalue weighted by Gasteiger charge is 2.31. The summed E-state index contributed by atoms with van der Waals surface area (Å²) in [4.78, 5) is 28.0. The predicted octanol–water partition coefficient (Wildman–Crippen LogP) is 3.54. The van der Waals surface area contributed by atoms with E-state index < -0.39 is 5.97 Å². The number of benzene rings is 2. The minimum Gasteiger partial charge on any atom is -0.461 e. The quantitative estimate of drug-likeness (QED) is 0.531. The summed E-state index contributed by atoms with van der Waals surface area (Å²) in [6.07, 6.45) is 0.594. The zero-order valence-corrected chi connectivity index (χ0v) is 16.9. The number of ether oxygens (including phenoxy) is 1. The second kappa shape index (κ2) is 8.13. The van der Waals surface area contributed by atoms with Gasteiger partial charge in [-0.25, -0.2) is 9.48 Å². The molecule has 2 heterocycles. The summed E-state index contributed by atoms with van der Waals surface area (Å²) >= 11 is 4.41. The molecule has 1 aliphatic rings. The maximum absolute atomic E-state index is 13.0. The molecule has 0 aliphatic carbocycles. The Morgan fingerprint density at radius 1 is 1.10 bits per heavy atom. The highest BCUT2D eigenvalue weighted by Crippen LogP contribution is 2.28. The van der Waals surface area contributed by atoms with Crippen molar-refractivity contribution < 1.29 is 14.3 Å². The predicted molar refractivity (Wildman–Crippen MR) is 112 cm³/mol. The fourth-order valence-corrected chi connectivity index (χ4v) is 3.82. The van der Waals surface area contributed by atoms with Crippen molar-refractivity contribution >= 4 is 24.5 Å². The van der Waals surface area contributed by atoms with Crippen LogP contribution >= 0.6 is 12.6 Å². The normalized spacial score (nSPS) is 13.1. The van der Waals surface area contributed by atoms with Crippen LogP contribution < -0.4 is 0 Å². The molecule has 0 fully saturated rings. The first-order valence-electron chi connectivity index (χ1n) is 9.50. The Morgan fingerprint density at radius 3 is 2.55 bits per heavy atom. The second-order valence-corrected chi connectivity index (χ2v) is 7.22. The number of carbonyl (C=O) groups excluding carboxylic acids is 2. The maximum Gasteiger partial charge on any atom is 0.359 e. The van der Waals surface area contributed by atoms with Crippen LogP contribution in [0.4, 0.5) is 0 Å². The number of aromatic nitrogens is 2. The molecule has 7 heteroatoms. The van der Waals surface area contributed by atoms with E-state index in [1.54, 1.807) is 28.6 Å². The summed E-state index contributed by atoms with van der Waals surface area (Å²) in [5, 5.41) is 4.55. The van der Waals surface area contributed by atoms with Gasteiger partial charge in [0.1, 0.15) is 0 Å². The molecule has 2 aromatic carbocycles. The SMILES string of the molecule is CCOC(=O)c1nn(-c2ccccc2)c2c1CN(C(=O)c1ccccc1S)CC2. The van der Waals surface area contributed by atoms with E-state index in [1.165, 1.54) is 0 Å². The Morgan fingerprint density at radius 2 is 1.83 bits per heavy atom. The number of nitrogens with zero attached hydrogens (tertiary/aromatic N) is 3. The third-order valence-corrected chi connectivity index (χ3v) is 5.34. The number of hydrogen-bond acceptors (Lipinski definition) is 5. The van der Waals surface area contributed by atoms with Crippen LogP contribution in [0.3, 0.4) is 0 Å². The van der Waals surface area contributed by atoms with Gasteiger partial charge in [-0.1, -0.05) is 30.3 Å². The lowest BCUT2D eigenvalue weighted by Crippen LogP contribution is -2.37. The van der Waals surface area contributed by atoms with E-state index >= 15 is 0 Å². The van der Waals surface area contributed by atoms with Crippen LogP contribution in [0.25, 0.3) is 5.69 Å². The number of hydrogen-bond donors (Lipinski definition) is 1. The Kier molecular flexibility index (Phi) is 5.40. The monoisotopic (exact) mass is 407 g/mol. The van der Waals surface area contributed by atoms with Gasteiger partial charge in [0.05, 0.1) is 30.1 Å². The van der Waals surface area contributed by atoms with Gasteiger partial charge >= 0.3 is 5.97 Å². The third-order valence-electron chi connectivity index (χ3n) is 4.95. The van der Waals surface area contributed by atoms with E-state index in [0.29, 0.717) is 30.0 Å². The molecule has 0 saturated carbocycles. The topological polar surface area (TPSA) is 64.4 Å². The van der Waals surface area contributed by atoms with Crippen molar-refractivity contribution in [1.82, 2.24) is 14.7 Å². The number of carbonyl (C=O) groups is 2. The highest BCUT2D eigenvalue weighted by molar-refractivity contribution is 7.80. The van der Waals surface area contributed by atoms with Crippen molar-refractivity contribution in [1.29, 1.82) is 0 Å². The first kappa shape index (κ1) is 19.3. The van der Waals surface area contributed by atoms with Crippen LogP contribution in [-0.4, -0.2) is 39.7 Å². The fourth-order valence-electron chi connectivity index (χ4n) is 3.56. The molecular weight excluding hydrogens is 386 g/mol. The van der Waals surface area contributed by atoms with Gasteiger partial charge in [-0.2, -0.15) is 5.10 Å². The molecule has 4 rings (SSSR count). The first-order chi connectivity index (χ1) is 14.1. The van der Waals surface area contributed by atoms with Crippen LogP contribution in [0.1, 0.15) is 39.0 Å². The molecule has 0 saturated heterocycles. The first-order valence-corrected chi connectivity index (χ1v) is 9.95. The van der Waals surface area contributed by atoms with Crippen molar-refractivity contribution in [3.63, 3.8) is 0 Å². The standard InChI is InChI=1S/C22H21N3O3S/c1-2-28-22(27)20-17-14-24(21(26)16-10-6-7-11-19(16)29)13-12-18(17)25(23-20)15-8-4-3-5-9-15/h3-11,29H,2,12-14H2,1H3. The van der Waals surface area contributed by atoms with Crippen molar-refractivity contribution in [2.45, 2.75) is 24.8 Å². The van der Waals surface area contributed by atoms with Crippen LogP contribution in [0.5, 0.6) is 0 Å². The lowest BCUT2D eigenvalue weighted by Gasteiger charge is -2.28. The van der Waals surface area contributed by atoms with Gasteiger partial charge in [-0.15, -0.1) is 12.6 Å². The molecule has 6 nitrogen and oxygen atoms in total. The number of rotatable bonds is 4. The van der Waals surface area contributed by atoms with E-state index in [9.17, 15) is 9.59 Å². The Hall–Kier alpha value is -3.06. The van der Waals surface area contributed by atoms with Gasteiger partial charge in [0, 0.05) is 23.4 Å². The summed E-state index contributed by atoms with van der Waals surface area (Å²) in [5.74, 6) is -0.578. The van der Waals surface area contributed by atoms with Crippen molar-refractivity contribution in [2.75, 3.05) is 13.2 Å². The number of thiol groups is 1. The fraction of sp³-hybridized carbons (Fsp3) is 0.227. The lowest BCUT2D eigenvalue weighted by molar-refractivity contribution is 0.0513. The Balaban J connectivity index is 1.73. The summed E-state index contributed by atoms with van der Waals surface area (Å²) in [6, 6.07) is 16.9. The maximum atomic E-state index is 13.0. The van der Waals surface area contributed by atoms with Gasteiger partial charge in [0.25, 0.3) is 5.91 Å². The Labute approximate surface area is 174 Å². The van der Waals surface area contributed by atoms with Gasteiger partial charge in [-0.05, 0) is 31.2 Å². The molecule has 0 bridgehead atoms. The summed E-state index contributed by atoms with van der Waals surface area (Å²) in [5.41, 5.74) is 3.36. The van der Waals surface area contributed by atoms with Crippen molar-refractivity contribution in [2.24, 2.45) is 0 Å². The van der Waals surface area contributed by atoms with E-state index in [1.807, 2.05) is 42.5 Å². The molecule has 3 aromatic rings. The van der Waals surface area contributed by atoms with Crippen molar-refractivity contribution in [3.8, 4) is 5.69 Å². The molecule has 0 atom stereocenters. The smallest absolute Gasteiger partial charge is 0.359 e. The minimum absolute atomic E-state index is 0.108. The molecule has 0 radical (unpaired) electrons. The molecule has 148 valence electrons. The van der Waals surface area contributed by atoms with E-state index in [4.69, 9.17) is 4.74 Å². The van der Waals surface area contributed by atoms with E-state index in [-0.39, 0.29) is 18.2 Å². The zero-order valence-electron chi connectivity index (χ0n) is 16.0. The Bertz CT molecular complexity index is 1060. The second-order valence-electron chi connectivity index (χ2n) is 6.74. The largest absolute Gasteiger partial charge is 0.461 e. The zero-order chi connectivity index (χ0) is 20.4. The minimum atomic E-state index is -0.470. The number of amides is 1. The molecule has 0 spiro atoms. The van der Waals surface area contributed by atoms with Gasteiger partial charge in [0.15, 0.2) is 5.69 Å². The molecular formula is C22H21N3O3S. The molecule has 29 heavy (non-hydrogen) atoms. The average Bonchev–Trinajstić information content (AvgIpc) is 3.13. The molecule has 0 unspecified atom stereocenters. The molecule has 1 aromatic heterocycles. The highest BCUT2D eigenvalue weighted by atomic mass is 32.1. The molecule has 1 aliphatic heterocycles. The van der Waals surface area contributed by atoms with Crippen LogP contribution in [-0.2, 0) is 17.7 Å². The average molecular weight is 407 g/mol. The summed E-state index contributed by atoms with van der Waals surface area (Å²) in [7, 11) is 0. The summed E-state index contributed by atoms with van der Waals surface area (Å²) < 4.78 is 7.00.